The van der Waals surface area contributed by atoms with E-state index in [1.54, 1.807) is 69.3 Å². The van der Waals surface area contributed by atoms with E-state index in [1.165, 1.54) is 52.4 Å². The van der Waals surface area contributed by atoms with Gasteiger partial charge in [0.05, 0.1) is 23.0 Å². The molecule has 0 radical (unpaired) electrons. The molecule has 0 aliphatic carbocycles. The molecule has 1 unspecified atom stereocenters. The van der Waals surface area contributed by atoms with Gasteiger partial charge in [-0.2, -0.15) is 0 Å². The van der Waals surface area contributed by atoms with E-state index in [0.29, 0.717) is 75.3 Å². The van der Waals surface area contributed by atoms with Crippen LogP contribution in [0.1, 0.15) is 125 Å². The fourth-order valence-corrected chi connectivity index (χ4v) is 14.1. The van der Waals surface area contributed by atoms with Crippen LogP contribution in [0.25, 0.3) is 38.7 Å². The first-order valence-corrected chi connectivity index (χ1v) is 36.6. The summed E-state index contributed by atoms with van der Waals surface area (Å²) in [5, 5.41) is 40.1. The van der Waals surface area contributed by atoms with Gasteiger partial charge in [0.2, 0.25) is 28.6 Å². The minimum Gasteiger partial charge on any atom is -0.507 e. The van der Waals surface area contributed by atoms with Crippen molar-refractivity contribution >= 4 is 109 Å². The predicted octanol–water partition coefficient (Wildman–Crippen LogP) is 7.16. The Morgan fingerprint density at radius 3 is 2.22 bits per heavy atom. The second-order valence-corrected chi connectivity index (χ2v) is 28.8. The SMILES string of the molecule is CO[C@H]1/C=C/O[C@@]2(C)Oc3c(C)c(O)c4c(=O)c(c5oc6cc(N7CCN(CCNC(=O)OCc8ccc(NC(=O)[C@H](CCCNC(N)=O)NC(=O)C(NC(=O)CCCCCN9C(=O)C=CC9=O)C(C)C)cc8)CC7)cc(=O)c6nc5c4c3=C2O)NC(=O)/C(C)=C\C=C\[C@H](C)C[C@@H](C)C[C@@H](C)[C@H](OC(C)=O)[C@@H]1C. The number of amides is 9. The van der Waals surface area contributed by atoms with Gasteiger partial charge in [0.1, 0.15) is 47.5 Å². The van der Waals surface area contributed by atoms with Crippen LogP contribution in [-0.2, 0) is 59.1 Å². The van der Waals surface area contributed by atoms with Gasteiger partial charge < -0.3 is 80.8 Å². The average Bonchev–Trinajstić information content (AvgIpc) is 1.42. The van der Waals surface area contributed by atoms with Gasteiger partial charge in [0.25, 0.3) is 17.7 Å². The van der Waals surface area contributed by atoms with Crippen molar-refractivity contribution in [2.24, 2.45) is 35.3 Å². The number of carbonyl (C=O) groups is 9. The molecular weight excluding hydrogens is 1390 g/mol. The van der Waals surface area contributed by atoms with Gasteiger partial charge in [-0.3, -0.25) is 53.0 Å². The van der Waals surface area contributed by atoms with Crippen molar-refractivity contribution in [2.45, 2.75) is 157 Å². The van der Waals surface area contributed by atoms with Crippen molar-refractivity contribution in [2.75, 3.05) is 75.0 Å². The number of primary amides is 1. The molecule has 9 atom stereocenters. The molecule has 9 amide bonds. The van der Waals surface area contributed by atoms with Crippen LogP contribution in [0.2, 0.25) is 0 Å². The molecule has 4 aliphatic rings. The number of aromatic hydroxyl groups is 1. The Morgan fingerprint density at radius 1 is 0.833 bits per heavy atom. The summed E-state index contributed by atoms with van der Waals surface area (Å²) in [4.78, 5) is 155. The van der Waals surface area contributed by atoms with Crippen molar-refractivity contribution in [3.05, 3.63) is 121 Å². The van der Waals surface area contributed by atoms with Crippen molar-refractivity contribution in [1.82, 2.24) is 36.1 Å². The molecule has 1 fully saturated rings. The molecule has 30 heteroatoms. The van der Waals surface area contributed by atoms with E-state index in [-0.39, 0.29) is 154 Å². The Bertz CT molecular complexity index is 4550. The van der Waals surface area contributed by atoms with Crippen molar-refractivity contribution in [3.63, 3.8) is 0 Å². The first kappa shape index (κ1) is 81.2. The summed E-state index contributed by atoms with van der Waals surface area (Å²) >= 11 is 0. The number of aliphatic hydroxyl groups excluding tert-OH is 1. The number of nitrogens with one attached hydrogen (secondary N) is 6. The quantitative estimate of drug-likeness (QED) is 0.00972. The number of benzene rings is 4. The summed E-state index contributed by atoms with van der Waals surface area (Å²) in [6, 6.07) is 6.70. The number of alkyl carbamates (subject to hydrolysis) is 1. The minimum atomic E-state index is -1.98. The highest BCUT2D eigenvalue weighted by Gasteiger charge is 2.44. The number of rotatable bonds is 24. The zero-order chi connectivity index (χ0) is 78.4. The van der Waals surface area contributed by atoms with Gasteiger partial charge in [-0.25, -0.2) is 14.6 Å². The number of ether oxygens (including phenoxy) is 5. The molecule has 30 nitrogen and oxygen atoms in total. The number of hydrogen-bond acceptors (Lipinski definition) is 22. The third kappa shape index (κ3) is 19.8. The maximum atomic E-state index is 15.1. The summed E-state index contributed by atoms with van der Waals surface area (Å²) < 4.78 is 36.6. The van der Waals surface area contributed by atoms with Gasteiger partial charge in [-0.15, -0.1) is 0 Å². The number of anilines is 3. The minimum absolute atomic E-state index is 0.0339. The van der Waals surface area contributed by atoms with Crippen molar-refractivity contribution < 1.29 is 81.5 Å². The smallest absolute Gasteiger partial charge is 0.407 e. The number of aliphatic hydroxyl groups is 1. The highest BCUT2D eigenvalue weighted by molar-refractivity contribution is 6.17. The summed E-state index contributed by atoms with van der Waals surface area (Å²) in [7, 11) is 1.52. The number of fused-ring (bicyclic) bond motifs is 2. The molecule has 580 valence electrons. The van der Waals surface area contributed by atoms with Crippen LogP contribution < -0.4 is 63.3 Å². The number of nitrogens with zero attached hydrogens (tertiary/aromatic N) is 4. The van der Waals surface area contributed by atoms with Crippen LogP contribution in [0.4, 0.5) is 26.7 Å². The number of imide groups is 1. The number of unbranched alkanes of at least 4 members (excludes halogenated alkanes) is 2. The molecule has 4 aromatic carbocycles. The monoisotopic (exact) mass is 1490 g/mol. The molecule has 5 aromatic rings. The molecule has 4 aliphatic heterocycles. The first-order chi connectivity index (χ1) is 51.4. The van der Waals surface area contributed by atoms with E-state index in [1.807, 2.05) is 24.8 Å². The average molecular weight is 1490 g/mol. The zero-order valence-electron chi connectivity index (χ0n) is 62.9. The molecule has 9 rings (SSSR count). The molecular formula is C78H99N11O19. The topological polar surface area (TPSA) is 408 Å². The third-order valence-corrected chi connectivity index (χ3v) is 20.0. The molecule has 0 spiro atoms. The Hall–Kier alpha value is -10.9. The number of carbonyl (C=O) groups excluding carboxylic acids is 9. The van der Waals surface area contributed by atoms with E-state index in [2.05, 4.69) is 50.6 Å². The van der Waals surface area contributed by atoms with Crippen molar-refractivity contribution in [1.29, 1.82) is 0 Å². The van der Waals surface area contributed by atoms with Crippen LogP contribution >= 0.6 is 0 Å². The highest BCUT2D eigenvalue weighted by Crippen LogP contribution is 2.43. The lowest BCUT2D eigenvalue weighted by atomic mass is 9.82. The number of piperazine rings is 1. The molecule has 0 saturated carbocycles. The van der Waals surface area contributed by atoms with E-state index in [4.69, 9.17) is 38.8 Å². The summed E-state index contributed by atoms with van der Waals surface area (Å²) in [5.41, 5.74) is 4.48. The largest absolute Gasteiger partial charge is 0.507 e. The van der Waals surface area contributed by atoms with Gasteiger partial charge in [0, 0.05) is 138 Å². The Morgan fingerprint density at radius 2 is 1.55 bits per heavy atom. The Labute approximate surface area is 624 Å². The Kier molecular flexibility index (Phi) is 27.2. The number of hydrogen-bond donors (Lipinski definition) is 9. The predicted molar refractivity (Wildman–Crippen MR) is 404 cm³/mol. The number of phenols is 1. The van der Waals surface area contributed by atoms with Crippen LogP contribution in [0.15, 0.2) is 98.7 Å². The van der Waals surface area contributed by atoms with E-state index in [0.717, 1.165) is 11.3 Å². The van der Waals surface area contributed by atoms with Crippen LogP contribution in [0, 0.1) is 36.5 Å². The third-order valence-electron chi connectivity index (χ3n) is 20.0. The molecule has 5 heterocycles. The van der Waals surface area contributed by atoms with Crippen LogP contribution in [0.3, 0.4) is 0 Å². The molecule has 1 aromatic heterocycles. The highest BCUT2D eigenvalue weighted by atomic mass is 16.7. The Balaban J connectivity index is 0.844. The van der Waals surface area contributed by atoms with E-state index < -0.39 is 88.3 Å². The fraction of sp³-hybridized carbons (Fsp3) is 0.487. The molecule has 108 heavy (non-hydrogen) atoms. The maximum Gasteiger partial charge on any atom is 0.407 e. The number of allylic oxidation sites excluding steroid dienone is 3. The number of urea groups is 1. The second kappa shape index (κ2) is 36.1. The van der Waals surface area contributed by atoms with E-state index >= 15 is 4.79 Å². The standard InChI is InChI=1S/C78H99N11O19/c1-42(2)63(84-57(92)20-13-12-14-30-89-58(93)25-26-59(89)94)75(100)83-53(19-16-28-80-76(79)101)74(99)82-51-23-21-50(22-24-51)41-104-77(102)81-29-31-87-32-34-88(35-33-87)52-39-54(91)64-56(40-52)107-71-65(85-64)60-61-67(95)48(8)70-62(60)72(97)78(10,108-70)105-36-27-55(103-11)47(7)69(106-49(9)90)46(6)38-44(4)37-43(3)17-15-18-45(5)73(98)86-66(71)68(61)96/h15,17-18,21-27,36,39-40,42-44,46-47,53,55,63,69,95,97H,12-14,16,19-20,28-35,37-38,41H2,1-11H3,(H,81,102)(H,82,99)(H,83,100)(H,84,92)(H,86,98)(H3,79,80,101)/b17-15+,36-27+,45-18-/t43-,44+,46+,47+,53-,55-,63?,69-,78-/m0/s1. The van der Waals surface area contributed by atoms with Gasteiger partial charge in [0.15, 0.2) is 22.4 Å². The number of aromatic nitrogens is 1. The zero-order valence-corrected chi connectivity index (χ0v) is 62.9. The summed E-state index contributed by atoms with van der Waals surface area (Å²) in [6.07, 6.45) is 12.2. The lowest BCUT2D eigenvalue weighted by molar-refractivity contribution is -0.155. The second-order valence-electron chi connectivity index (χ2n) is 28.8. The number of methoxy groups -OCH3 is 1. The van der Waals surface area contributed by atoms with Gasteiger partial charge in [-0.05, 0) is 99.8 Å². The van der Waals surface area contributed by atoms with Crippen LogP contribution in [-0.4, -0.2) is 168 Å². The number of esters is 1. The van der Waals surface area contributed by atoms with Gasteiger partial charge in [-0.1, -0.05) is 78.3 Å². The first-order valence-electron chi connectivity index (χ1n) is 36.6. The normalized spacial score (nSPS) is 22.4. The van der Waals surface area contributed by atoms with Crippen LogP contribution in [0.5, 0.6) is 11.5 Å². The van der Waals surface area contributed by atoms with Crippen molar-refractivity contribution in [3.8, 4) is 11.5 Å². The lowest BCUT2D eigenvalue weighted by Crippen LogP contribution is -2.54. The lowest BCUT2D eigenvalue weighted by Gasteiger charge is -2.36. The molecule has 4 bridgehead atoms. The fourth-order valence-electron chi connectivity index (χ4n) is 14.1. The van der Waals surface area contributed by atoms with Gasteiger partial charge >= 0.3 is 23.9 Å². The summed E-state index contributed by atoms with van der Waals surface area (Å²) in [5.74, 6) is -7.13. The van der Waals surface area contributed by atoms with E-state index in [9.17, 15) is 58.2 Å². The molecule has 10 N–H and O–H groups in total. The molecule has 1 saturated heterocycles. The number of nitrogens with two attached hydrogens (primary N) is 1. The maximum absolute atomic E-state index is 15.1. The summed E-state index contributed by atoms with van der Waals surface area (Å²) in [6.45, 7) is 20.3. The number of phenolic OH excluding ortho intramolecular Hbond substituents is 1.